The van der Waals surface area contributed by atoms with E-state index in [-0.39, 0.29) is 16.8 Å². The van der Waals surface area contributed by atoms with E-state index in [4.69, 9.17) is 9.47 Å². The number of carbonyl (C=O) groups excluding carboxylic acids is 1. The van der Waals surface area contributed by atoms with Gasteiger partial charge in [-0.25, -0.2) is 8.42 Å². The van der Waals surface area contributed by atoms with Crippen LogP contribution >= 0.6 is 0 Å². The summed E-state index contributed by atoms with van der Waals surface area (Å²) in [5.74, 6) is 1.03. The minimum atomic E-state index is -3.61. The van der Waals surface area contributed by atoms with Crippen molar-refractivity contribution < 1.29 is 22.7 Å². The highest BCUT2D eigenvalue weighted by atomic mass is 32.2. The molecule has 0 bridgehead atoms. The molecule has 1 amide bonds. The normalized spacial score (nSPS) is 19.6. The van der Waals surface area contributed by atoms with Gasteiger partial charge in [0.15, 0.2) is 11.5 Å². The Morgan fingerprint density at radius 1 is 1.14 bits per heavy atom. The van der Waals surface area contributed by atoms with Crippen molar-refractivity contribution in [2.24, 2.45) is 0 Å². The molecule has 2 aliphatic heterocycles. The van der Waals surface area contributed by atoms with Crippen LogP contribution in [0.25, 0.3) is 0 Å². The number of nitrogens with one attached hydrogen (secondary N) is 1. The van der Waals surface area contributed by atoms with Gasteiger partial charge in [-0.05, 0) is 25.5 Å². The predicted octanol–water partition coefficient (Wildman–Crippen LogP) is 1.07. The Labute approximate surface area is 166 Å². The van der Waals surface area contributed by atoms with Crippen LogP contribution in [0.5, 0.6) is 11.5 Å². The molecule has 1 N–H and O–H groups in total. The number of hydrogen-bond donors (Lipinski definition) is 1. The van der Waals surface area contributed by atoms with Gasteiger partial charge < -0.3 is 14.8 Å². The van der Waals surface area contributed by atoms with Crippen LogP contribution in [0.2, 0.25) is 0 Å². The van der Waals surface area contributed by atoms with Gasteiger partial charge in [-0.1, -0.05) is 6.92 Å². The van der Waals surface area contributed by atoms with Crippen LogP contribution in [0.1, 0.15) is 26.7 Å². The minimum absolute atomic E-state index is 0.0199. The van der Waals surface area contributed by atoms with Gasteiger partial charge >= 0.3 is 0 Å². The van der Waals surface area contributed by atoms with Crippen molar-refractivity contribution in [3.63, 3.8) is 0 Å². The van der Waals surface area contributed by atoms with Gasteiger partial charge in [-0.2, -0.15) is 4.31 Å². The van der Waals surface area contributed by atoms with Crippen LogP contribution in [0, 0.1) is 0 Å². The van der Waals surface area contributed by atoms with Gasteiger partial charge in [-0.15, -0.1) is 0 Å². The lowest BCUT2D eigenvalue weighted by atomic mass is 10.2. The lowest BCUT2D eigenvalue weighted by Gasteiger charge is -2.33. The SMILES string of the molecule is CC[C@H](C)NC(=O)CN1CCN(S(=O)(=O)c2ccc3c(c2)OCCCO3)CC1. The summed E-state index contributed by atoms with van der Waals surface area (Å²) in [4.78, 5) is 14.2. The zero-order valence-corrected chi connectivity index (χ0v) is 17.3. The predicted molar refractivity (Wildman–Crippen MR) is 105 cm³/mol. The number of ether oxygens (including phenoxy) is 2. The van der Waals surface area contributed by atoms with E-state index < -0.39 is 10.0 Å². The number of sulfonamides is 1. The Kier molecular flexibility index (Phi) is 6.79. The largest absolute Gasteiger partial charge is 0.490 e. The summed E-state index contributed by atoms with van der Waals surface area (Å²) >= 11 is 0. The summed E-state index contributed by atoms with van der Waals surface area (Å²) in [6.45, 7) is 7.11. The number of carbonyl (C=O) groups is 1. The molecule has 1 aromatic rings. The van der Waals surface area contributed by atoms with E-state index in [1.807, 2.05) is 18.7 Å². The molecule has 0 aromatic heterocycles. The lowest BCUT2D eigenvalue weighted by Crippen LogP contribution is -2.51. The molecule has 9 heteroatoms. The second kappa shape index (κ2) is 9.11. The lowest BCUT2D eigenvalue weighted by molar-refractivity contribution is -0.123. The minimum Gasteiger partial charge on any atom is -0.490 e. The zero-order chi connectivity index (χ0) is 20.1. The molecule has 8 nitrogen and oxygen atoms in total. The highest BCUT2D eigenvalue weighted by Crippen LogP contribution is 2.33. The maximum absolute atomic E-state index is 13.0. The van der Waals surface area contributed by atoms with E-state index in [1.165, 1.54) is 4.31 Å². The van der Waals surface area contributed by atoms with E-state index in [1.54, 1.807) is 18.2 Å². The van der Waals surface area contributed by atoms with Crippen molar-refractivity contribution >= 4 is 15.9 Å². The molecule has 0 unspecified atom stereocenters. The third-order valence-corrected chi connectivity index (χ3v) is 6.97. The van der Waals surface area contributed by atoms with Gasteiger partial charge in [-0.3, -0.25) is 9.69 Å². The fraction of sp³-hybridized carbons (Fsp3) is 0.632. The molecule has 0 saturated carbocycles. The first kappa shape index (κ1) is 20.9. The number of hydrogen-bond acceptors (Lipinski definition) is 6. The van der Waals surface area contributed by atoms with Crippen molar-refractivity contribution in [1.29, 1.82) is 0 Å². The highest BCUT2D eigenvalue weighted by Gasteiger charge is 2.30. The van der Waals surface area contributed by atoms with Crippen LogP contribution in [0.3, 0.4) is 0 Å². The zero-order valence-electron chi connectivity index (χ0n) is 16.5. The Morgan fingerprint density at radius 3 is 2.50 bits per heavy atom. The average Bonchev–Trinajstić information content (AvgIpc) is 2.93. The first-order valence-corrected chi connectivity index (χ1v) is 11.3. The third kappa shape index (κ3) is 4.95. The topological polar surface area (TPSA) is 88.2 Å². The molecular formula is C19H29N3O5S. The first-order chi connectivity index (χ1) is 13.4. The molecule has 0 aliphatic carbocycles. The molecule has 1 atom stereocenters. The van der Waals surface area contributed by atoms with E-state index in [0.717, 1.165) is 12.8 Å². The summed E-state index contributed by atoms with van der Waals surface area (Å²) in [6, 6.07) is 4.91. The number of piperazine rings is 1. The van der Waals surface area contributed by atoms with E-state index in [2.05, 4.69) is 5.32 Å². The molecule has 28 heavy (non-hydrogen) atoms. The summed E-state index contributed by atoms with van der Waals surface area (Å²) in [5.41, 5.74) is 0. The maximum atomic E-state index is 13.0. The molecule has 0 spiro atoms. The molecule has 2 aliphatic rings. The van der Waals surface area contributed by atoms with Crippen LogP contribution in [0.4, 0.5) is 0 Å². The maximum Gasteiger partial charge on any atom is 0.243 e. The molecule has 1 fully saturated rings. The molecule has 1 saturated heterocycles. The van der Waals surface area contributed by atoms with E-state index in [9.17, 15) is 13.2 Å². The quantitative estimate of drug-likeness (QED) is 0.753. The third-order valence-electron chi connectivity index (χ3n) is 5.07. The van der Waals surface area contributed by atoms with Crippen LogP contribution in [-0.4, -0.2) is 75.5 Å². The Balaban J connectivity index is 1.60. The van der Waals surface area contributed by atoms with Gasteiger partial charge in [0, 0.05) is 44.7 Å². The average molecular weight is 412 g/mol. The molecule has 2 heterocycles. The Hall–Kier alpha value is -1.84. The summed E-state index contributed by atoms with van der Waals surface area (Å²) < 4.78 is 38.7. The van der Waals surface area contributed by atoms with Crippen molar-refractivity contribution in [3.05, 3.63) is 18.2 Å². The van der Waals surface area contributed by atoms with Gasteiger partial charge in [0.25, 0.3) is 0 Å². The van der Waals surface area contributed by atoms with E-state index >= 15 is 0 Å². The second-order valence-electron chi connectivity index (χ2n) is 7.22. The van der Waals surface area contributed by atoms with Crippen LogP contribution in [-0.2, 0) is 14.8 Å². The second-order valence-corrected chi connectivity index (χ2v) is 9.15. The Morgan fingerprint density at radius 2 is 1.82 bits per heavy atom. The molecular weight excluding hydrogens is 382 g/mol. The number of rotatable bonds is 6. The highest BCUT2D eigenvalue weighted by molar-refractivity contribution is 7.89. The molecule has 0 radical (unpaired) electrons. The number of amides is 1. The fourth-order valence-electron chi connectivity index (χ4n) is 3.21. The van der Waals surface area contributed by atoms with E-state index in [0.29, 0.717) is 57.4 Å². The first-order valence-electron chi connectivity index (χ1n) is 9.81. The fourth-order valence-corrected chi connectivity index (χ4v) is 4.64. The standard InChI is InChI=1S/C19H29N3O5S/c1-3-15(2)20-19(23)14-21-7-9-22(10-8-21)28(24,25)16-5-6-17-18(13-16)27-12-4-11-26-17/h5-6,13,15H,3-4,7-12,14H2,1-2H3,(H,20,23)/t15-/m0/s1. The van der Waals surface area contributed by atoms with Crippen LogP contribution < -0.4 is 14.8 Å². The number of benzene rings is 1. The Bertz CT molecular complexity index is 791. The van der Waals surface area contributed by atoms with Gasteiger partial charge in [0.05, 0.1) is 24.7 Å². The van der Waals surface area contributed by atoms with Crippen molar-refractivity contribution in [1.82, 2.24) is 14.5 Å². The smallest absolute Gasteiger partial charge is 0.243 e. The summed E-state index contributed by atoms with van der Waals surface area (Å²) in [6.07, 6.45) is 1.65. The monoisotopic (exact) mass is 411 g/mol. The van der Waals surface area contributed by atoms with Crippen molar-refractivity contribution in [2.45, 2.75) is 37.6 Å². The van der Waals surface area contributed by atoms with Gasteiger partial charge in [0.1, 0.15) is 0 Å². The summed E-state index contributed by atoms with van der Waals surface area (Å²) in [7, 11) is -3.61. The number of nitrogens with zero attached hydrogens (tertiary/aromatic N) is 2. The number of fused-ring (bicyclic) bond motifs is 1. The van der Waals surface area contributed by atoms with Crippen molar-refractivity contribution in [3.8, 4) is 11.5 Å². The summed E-state index contributed by atoms with van der Waals surface area (Å²) in [5, 5.41) is 2.94. The molecule has 156 valence electrons. The van der Waals surface area contributed by atoms with Gasteiger partial charge in [0.2, 0.25) is 15.9 Å². The molecule has 3 rings (SSSR count). The van der Waals surface area contributed by atoms with Crippen LogP contribution in [0.15, 0.2) is 23.1 Å². The molecule has 1 aromatic carbocycles. The van der Waals surface area contributed by atoms with Crippen molar-refractivity contribution in [2.75, 3.05) is 45.9 Å².